The molecule has 0 radical (unpaired) electrons. The van der Waals surface area contributed by atoms with Crippen LogP contribution in [0.1, 0.15) is 17.4 Å². The molecule has 1 aliphatic heterocycles. The molecule has 36 heavy (non-hydrogen) atoms. The van der Waals surface area contributed by atoms with Crippen molar-refractivity contribution in [3.8, 4) is 11.4 Å². The second kappa shape index (κ2) is 12.0. The molecule has 3 aromatic rings. The van der Waals surface area contributed by atoms with E-state index < -0.39 is 0 Å². The second-order valence-electron chi connectivity index (χ2n) is 8.04. The number of amides is 2. The van der Waals surface area contributed by atoms with Crippen LogP contribution in [0, 0.1) is 0 Å². The maximum absolute atomic E-state index is 13.1. The van der Waals surface area contributed by atoms with Crippen molar-refractivity contribution in [1.82, 2.24) is 30.2 Å². The van der Waals surface area contributed by atoms with E-state index in [-0.39, 0.29) is 22.5 Å². The molecular formula is C24H27ClN8O2S. The molecule has 1 fully saturated rings. The first-order chi connectivity index (χ1) is 17.4. The molecule has 10 nitrogen and oxygen atoms in total. The molecule has 0 bridgehead atoms. The van der Waals surface area contributed by atoms with E-state index in [2.05, 4.69) is 30.5 Å². The van der Waals surface area contributed by atoms with Crippen LogP contribution in [0.3, 0.4) is 0 Å². The number of anilines is 2. The summed E-state index contributed by atoms with van der Waals surface area (Å²) in [5.41, 5.74) is 1.13. The van der Waals surface area contributed by atoms with E-state index in [0.29, 0.717) is 56.1 Å². The summed E-state index contributed by atoms with van der Waals surface area (Å²) in [4.78, 5) is 46.0. The highest BCUT2D eigenvalue weighted by atomic mass is 35.5. The molecule has 12 heteroatoms. The first kappa shape index (κ1) is 25.6. The molecule has 4 rings (SSSR count). The smallest absolute Gasteiger partial charge is 0.274 e. The van der Waals surface area contributed by atoms with E-state index in [4.69, 9.17) is 16.6 Å². The fourth-order valence-corrected chi connectivity index (χ4v) is 4.23. The van der Waals surface area contributed by atoms with Gasteiger partial charge in [0.15, 0.2) is 16.7 Å². The normalized spacial score (nSPS) is 13.4. The standard InChI is InChI=1S/C24H27ClN8O2S/c1-16(34)26-8-9-27-19-14-20(30-22(29-19)17-6-4-3-5-7-17)32-10-12-33(13-11-32)23(35)21-18(25)15-28-24(31-21)36-2/h3-7,14-15H,8-13H2,1-2H3,(H,26,34)(H,27,29,30). The van der Waals surface area contributed by atoms with Gasteiger partial charge in [-0.25, -0.2) is 19.9 Å². The highest BCUT2D eigenvalue weighted by Gasteiger charge is 2.26. The van der Waals surface area contributed by atoms with Gasteiger partial charge in [0.2, 0.25) is 5.91 Å². The number of hydrogen-bond donors (Lipinski definition) is 2. The molecule has 0 saturated carbocycles. The highest BCUT2D eigenvalue weighted by Crippen LogP contribution is 2.24. The number of thioether (sulfide) groups is 1. The predicted molar refractivity (Wildman–Crippen MR) is 142 cm³/mol. The Morgan fingerprint density at radius 2 is 1.81 bits per heavy atom. The zero-order chi connectivity index (χ0) is 25.5. The van der Waals surface area contributed by atoms with Crippen LogP contribution in [0.4, 0.5) is 11.6 Å². The fourth-order valence-electron chi connectivity index (χ4n) is 3.72. The maximum Gasteiger partial charge on any atom is 0.274 e. The average Bonchev–Trinajstić information content (AvgIpc) is 2.91. The second-order valence-corrected chi connectivity index (χ2v) is 9.22. The van der Waals surface area contributed by atoms with Gasteiger partial charge in [0.1, 0.15) is 11.6 Å². The molecule has 1 saturated heterocycles. The van der Waals surface area contributed by atoms with Gasteiger partial charge in [-0.05, 0) is 6.26 Å². The van der Waals surface area contributed by atoms with E-state index in [1.807, 2.05) is 42.7 Å². The number of rotatable bonds is 8. The third-order valence-corrected chi connectivity index (χ3v) is 6.39. The van der Waals surface area contributed by atoms with Gasteiger partial charge in [-0.1, -0.05) is 53.7 Å². The van der Waals surface area contributed by atoms with Crippen LogP contribution in [0.5, 0.6) is 0 Å². The highest BCUT2D eigenvalue weighted by molar-refractivity contribution is 7.98. The van der Waals surface area contributed by atoms with Crippen LogP contribution in [0.25, 0.3) is 11.4 Å². The minimum absolute atomic E-state index is 0.0782. The molecule has 0 spiro atoms. The molecule has 3 heterocycles. The van der Waals surface area contributed by atoms with Gasteiger partial charge < -0.3 is 20.4 Å². The van der Waals surface area contributed by atoms with E-state index >= 15 is 0 Å². The Morgan fingerprint density at radius 1 is 1.06 bits per heavy atom. The topological polar surface area (TPSA) is 116 Å². The van der Waals surface area contributed by atoms with Gasteiger partial charge in [-0.3, -0.25) is 9.59 Å². The number of benzene rings is 1. The molecule has 2 N–H and O–H groups in total. The summed E-state index contributed by atoms with van der Waals surface area (Å²) in [5, 5.41) is 6.79. The lowest BCUT2D eigenvalue weighted by Crippen LogP contribution is -2.49. The van der Waals surface area contributed by atoms with Crippen LogP contribution in [-0.4, -0.2) is 82.2 Å². The Balaban J connectivity index is 1.49. The van der Waals surface area contributed by atoms with Crippen LogP contribution in [0.2, 0.25) is 5.02 Å². The SMILES string of the molecule is CSc1ncc(Cl)c(C(=O)N2CCN(c3cc(NCCNC(C)=O)nc(-c4ccccc4)n3)CC2)n1. The molecule has 2 amide bonds. The van der Waals surface area contributed by atoms with E-state index in [0.717, 1.165) is 11.4 Å². The zero-order valence-electron chi connectivity index (χ0n) is 20.1. The Bertz CT molecular complexity index is 1220. The summed E-state index contributed by atoms with van der Waals surface area (Å²) in [5.74, 6) is 1.75. The quantitative estimate of drug-likeness (QED) is 0.259. The average molecular weight is 527 g/mol. The minimum atomic E-state index is -0.203. The minimum Gasteiger partial charge on any atom is -0.368 e. The molecule has 0 atom stereocenters. The van der Waals surface area contributed by atoms with Gasteiger partial charge in [-0.2, -0.15) is 0 Å². The summed E-state index contributed by atoms with van der Waals surface area (Å²) in [7, 11) is 0. The van der Waals surface area contributed by atoms with Crippen molar-refractivity contribution in [2.24, 2.45) is 0 Å². The number of aromatic nitrogens is 4. The van der Waals surface area contributed by atoms with Crippen molar-refractivity contribution in [2.75, 3.05) is 55.7 Å². The number of carbonyl (C=O) groups excluding carboxylic acids is 2. The van der Waals surface area contributed by atoms with Crippen LogP contribution in [0.15, 0.2) is 47.8 Å². The fraction of sp³-hybridized carbons (Fsp3) is 0.333. The van der Waals surface area contributed by atoms with Crippen LogP contribution >= 0.6 is 23.4 Å². The summed E-state index contributed by atoms with van der Waals surface area (Å²) in [6.45, 7) is 4.71. The summed E-state index contributed by atoms with van der Waals surface area (Å²) in [6.07, 6.45) is 3.32. The van der Waals surface area contributed by atoms with Crippen molar-refractivity contribution in [3.05, 3.63) is 53.3 Å². The number of nitrogens with zero attached hydrogens (tertiary/aromatic N) is 6. The largest absolute Gasteiger partial charge is 0.368 e. The van der Waals surface area contributed by atoms with Crippen LogP contribution < -0.4 is 15.5 Å². The van der Waals surface area contributed by atoms with Gasteiger partial charge in [-0.15, -0.1) is 0 Å². The Labute approximate surface area is 218 Å². The molecule has 0 aliphatic carbocycles. The van der Waals surface area contributed by atoms with E-state index in [1.165, 1.54) is 24.9 Å². The number of nitrogens with one attached hydrogen (secondary N) is 2. The number of piperazine rings is 1. The zero-order valence-corrected chi connectivity index (χ0v) is 21.6. The van der Waals surface area contributed by atoms with Crippen molar-refractivity contribution in [3.63, 3.8) is 0 Å². The molecule has 188 valence electrons. The Morgan fingerprint density at radius 3 is 2.50 bits per heavy atom. The van der Waals surface area contributed by atoms with Crippen molar-refractivity contribution < 1.29 is 9.59 Å². The van der Waals surface area contributed by atoms with Gasteiger partial charge in [0, 0.05) is 57.8 Å². The van der Waals surface area contributed by atoms with Crippen LogP contribution in [-0.2, 0) is 4.79 Å². The molecule has 0 unspecified atom stereocenters. The monoisotopic (exact) mass is 526 g/mol. The Hall–Kier alpha value is -3.44. The first-order valence-electron chi connectivity index (χ1n) is 11.5. The summed E-state index contributed by atoms with van der Waals surface area (Å²) < 4.78 is 0. The predicted octanol–water partition coefficient (Wildman–Crippen LogP) is 2.82. The summed E-state index contributed by atoms with van der Waals surface area (Å²) >= 11 is 7.58. The number of hydrogen-bond acceptors (Lipinski definition) is 9. The van der Waals surface area contributed by atoms with E-state index in [9.17, 15) is 9.59 Å². The maximum atomic E-state index is 13.1. The van der Waals surface area contributed by atoms with Crippen molar-refractivity contribution in [1.29, 1.82) is 0 Å². The lowest BCUT2D eigenvalue weighted by atomic mass is 10.2. The van der Waals surface area contributed by atoms with E-state index in [1.54, 1.807) is 4.90 Å². The van der Waals surface area contributed by atoms with Gasteiger partial charge in [0.25, 0.3) is 5.91 Å². The molecular weight excluding hydrogens is 500 g/mol. The first-order valence-corrected chi connectivity index (χ1v) is 13.1. The summed E-state index contributed by atoms with van der Waals surface area (Å²) in [6, 6.07) is 11.7. The van der Waals surface area contributed by atoms with Crippen molar-refractivity contribution >= 4 is 46.8 Å². The van der Waals surface area contributed by atoms with Gasteiger partial charge in [0.05, 0.1) is 11.2 Å². The Kier molecular flexibility index (Phi) is 8.55. The number of halogens is 1. The lowest BCUT2D eigenvalue weighted by Gasteiger charge is -2.35. The number of carbonyl (C=O) groups is 2. The molecule has 2 aromatic heterocycles. The molecule has 1 aliphatic rings. The third-order valence-electron chi connectivity index (χ3n) is 5.55. The third kappa shape index (κ3) is 6.41. The van der Waals surface area contributed by atoms with Crippen molar-refractivity contribution in [2.45, 2.75) is 12.1 Å². The lowest BCUT2D eigenvalue weighted by molar-refractivity contribution is -0.118. The molecule has 1 aromatic carbocycles. The van der Waals surface area contributed by atoms with Gasteiger partial charge >= 0.3 is 0 Å².